The van der Waals surface area contributed by atoms with Gasteiger partial charge < -0.3 is 5.32 Å². The minimum absolute atomic E-state index is 0.205. The Morgan fingerprint density at radius 3 is 2.50 bits per heavy atom. The number of rotatable bonds is 3. The lowest BCUT2D eigenvalue weighted by molar-refractivity contribution is 0.570. The summed E-state index contributed by atoms with van der Waals surface area (Å²) in [6, 6.07) is 9.07. The molecule has 1 N–H and O–H groups in total. The van der Waals surface area contributed by atoms with Gasteiger partial charge in [-0.1, -0.05) is 29.8 Å². The van der Waals surface area contributed by atoms with Crippen LogP contribution in [-0.4, -0.2) is 7.05 Å². The molecule has 0 aromatic heterocycles. The highest BCUT2D eigenvalue weighted by atomic mass is 79.9. The largest absolute Gasteiger partial charge is 0.309 e. The normalized spacial score (nSPS) is 12.5. The third kappa shape index (κ3) is 2.90. The molecule has 0 aliphatic carbocycles. The minimum Gasteiger partial charge on any atom is -0.309 e. The lowest BCUT2D eigenvalue weighted by atomic mass is 9.93. The SMILES string of the molecule is CNC(c1cc(C)c(Cl)cc1C)c1cccc(Br)c1F. The van der Waals surface area contributed by atoms with Crippen molar-refractivity contribution < 1.29 is 4.39 Å². The molecular formula is C16H16BrClFN. The van der Waals surface area contributed by atoms with E-state index in [9.17, 15) is 4.39 Å². The summed E-state index contributed by atoms with van der Waals surface area (Å²) in [5, 5.41) is 3.92. The van der Waals surface area contributed by atoms with Crippen molar-refractivity contribution in [3.8, 4) is 0 Å². The minimum atomic E-state index is -0.237. The van der Waals surface area contributed by atoms with E-state index < -0.39 is 0 Å². The highest BCUT2D eigenvalue weighted by molar-refractivity contribution is 9.10. The van der Waals surface area contributed by atoms with E-state index in [1.807, 2.05) is 39.1 Å². The van der Waals surface area contributed by atoms with Gasteiger partial charge >= 0.3 is 0 Å². The summed E-state index contributed by atoms with van der Waals surface area (Å²) in [5.41, 5.74) is 3.68. The molecule has 4 heteroatoms. The van der Waals surface area contributed by atoms with Crippen molar-refractivity contribution >= 4 is 27.5 Å². The van der Waals surface area contributed by atoms with Crippen LogP contribution in [0.5, 0.6) is 0 Å². The molecule has 2 rings (SSSR count). The zero-order valence-corrected chi connectivity index (χ0v) is 13.9. The topological polar surface area (TPSA) is 12.0 Å². The molecule has 0 aliphatic rings. The second-order valence-electron chi connectivity index (χ2n) is 4.82. The van der Waals surface area contributed by atoms with Gasteiger partial charge in [0, 0.05) is 10.6 Å². The summed E-state index contributed by atoms with van der Waals surface area (Å²) < 4.78 is 14.8. The van der Waals surface area contributed by atoms with Crippen LogP contribution in [-0.2, 0) is 0 Å². The van der Waals surface area contributed by atoms with E-state index in [1.165, 1.54) is 0 Å². The third-order valence-corrected chi connectivity index (χ3v) is 4.46. The molecular weight excluding hydrogens is 341 g/mol. The zero-order chi connectivity index (χ0) is 14.9. The Balaban J connectivity index is 2.58. The fourth-order valence-corrected chi connectivity index (χ4v) is 2.94. The number of halogens is 3. The molecule has 2 aromatic carbocycles. The molecule has 0 radical (unpaired) electrons. The summed E-state index contributed by atoms with van der Waals surface area (Å²) in [4.78, 5) is 0. The van der Waals surface area contributed by atoms with E-state index in [1.54, 1.807) is 12.1 Å². The van der Waals surface area contributed by atoms with Crippen molar-refractivity contribution in [3.63, 3.8) is 0 Å². The molecule has 2 aromatic rings. The molecule has 0 amide bonds. The van der Waals surface area contributed by atoms with E-state index in [0.29, 0.717) is 10.0 Å². The van der Waals surface area contributed by atoms with Crippen molar-refractivity contribution in [3.05, 3.63) is 67.9 Å². The number of aryl methyl sites for hydroxylation is 2. The van der Waals surface area contributed by atoms with Crippen LogP contribution in [0.2, 0.25) is 5.02 Å². The highest BCUT2D eigenvalue weighted by Gasteiger charge is 2.20. The van der Waals surface area contributed by atoms with Gasteiger partial charge in [-0.05, 0) is 65.6 Å². The molecule has 106 valence electrons. The average molecular weight is 357 g/mol. The maximum atomic E-state index is 14.3. The first-order valence-electron chi connectivity index (χ1n) is 6.33. The van der Waals surface area contributed by atoms with Gasteiger partial charge in [-0.3, -0.25) is 0 Å². The van der Waals surface area contributed by atoms with E-state index in [-0.39, 0.29) is 11.9 Å². The summed E-state index contributed by atoms with van der Waals surface area (Å²) in [5.74, 6) is -0.237. The first kappa shape index (κ1) is 15.5. The van der Waals surface area contributed by atoms with Crippen LogP contribution in [0.25, 0.3) is 0 Å². The fourth-order valence-electron chi connectivity index (χ4n) is 2.34. The summed E-state index contributed by atoms with van der Waals surface area (Å²) in [6.07, 6.45) is 0. The molecule has 0 spiro atoms. The van der Waals surface area contributed by atoms with Gasteiger partial charge in [-0.15, -0.1) is 0 Å². The number of benzene rings is 2. The van der Waals surface area contributed by atoms with E-state index in [2.05, 4.69) is 21.2 Å². The summed E-state index contributed by atoms with van der Waals surface area (Å²) in [6.45, 7) is 3.94. The van der Waals surface area contributed by atoms with Crippen molar-refractivity contribution in [2.24, 2.45) is 0 Å². The number of hydrogen-bond acceptors (Lipinski definition) is 1. The summed E-state index contributed by atoms with van der Waals surface area (Å²) >= 11 is 9.37. The molecule has 0 saturated heterocycles. The second-order valence-corrected chi connectivity index (χ2v) is 6.08. The van der Waals surface area contributed by atoms with Gasteiger partial charge in [0.1, 0.15) is 5.82 Å². The van der Waals surface area contributed by atoms with Gasteiger partial charge in [-0.2, -0.15) is 0 Å². The first-order chi connectivity index (χ1) is 9.45. The van der Waals surface area contributed by atoms with Crippen LogP contribution >= 0.6 is 27.5 Å². The molecule has 0 aliphatic heterocycles. The maximum absolute atomic E-state index is 14.3. The Kier molecular flexibility index (Phi) is 4.84. The predicted octanol–water partition coefficient (Wildman–Crippen LogP) is 5.17. The molecule has 0 fully saturated rings. The van der Waals surface area contributed by atoms with Crippen LogP contribution in [0.15, 0.2) is 34.8 Å². The molecule has 1 nitrogen and oxygen atoms in total. The molecule has 0 saturated carbocycles. The Hall–Kier alpha value is -0.900. The maximum Gasteiger partial charge on any atom is 0.142 e. The van der Waals surface area contributed by atoms with E-state index >= 15 is 0 Å². The third-order valence-electron chi connectivity index (χ3n) is 3.44. The van der Waals surface area contributed by atoms with Crippen LogP contribution in [0, 0.1) is 19.7 Å². The van der Waals surface area contributed by atoms with Gasteiger partial charge in [0.2, 0.25) is 0 Å². The number of nitrogens with one attached hydrogen (secondary N) is 1. The Bertz CT molecular complexity index is 643. The van der Waals surface area contributed by atoms with Gasteiger partial charge in [-0.25, -0.2) is 4.39 Å². The quantitative estimate of drug-likeness (QED) is 0.800. The van der Waals surface area contributed by atoms with Gasteiger partial charge in [0.25, 0.3) is 0 Å². The Labute approximate surface area is 132 Å². The van der Waals surface area contributed by atoms with Crippen LogP contribution < -0.4 is 5.32 Å². The standard InChI is InChI=1S/C16H16BrClFN/c1-9-8-14(18)10(2)7-12(9)16(20-3)11-5-4-6-13(17)15(11)19/h4-8,16,20H,1-3H3. The smallest absolute Gasteiger partial charge is 0.142 e. The van der Waals surface area contributed by atoms with Crippen LogP contribution in [0.4, 0.5) is 4.39 Å². The Morgan fingerprint density at radius 2 is 1.85 bits per heavy atom. The van der Waals surface area contributed by atoms with Crippen molar-refractivity contribution in [2.75, 3.05) is 7.05 Å². The predicted molar refractivity (Wildman–Crippen MR) is 85.9 cm³/mol. The zero-order valence-electron chi connectivity index (χ0n) is 11.6. The van der Waals surface area contributed by atoms with E-state index in [0.717, 1.165) is 21.7 Å². The molecule has 0 bridgehead atoms. The highest BCUT2D eigenvalue weighted by Crippen LogP contribution is 2.32. The van der Waals surface area contributed by atoms with Gasteiger partial charge in [0.15, 0.2) is 0 Å². The van der Waals surface area contributed by atoms with Gasteiger partial charge in [0.05, 0.1) is 10.5 Å². The molecule has 1 atom stereocenters. The monoisotopic (exact) mass is 355 g/mol. The Morgan fingerprint density at radius 1 is 1.15 bits per heavy atom. The average Bonchev–Trinajstić information content (AvgIpc) is 2.41. The van der Waals surface area contributed by atoms with Crippen LogP contribution in [0.3, 0.4) is 0 Å². The fraction of sp³-hybridized carbons (Fsp3) is 0.250. The molecule has 20 heavy (non-hydrogen) atoms. The van der Waals surface area contributed by atoms with Crippen molar-refractivity contribution in [2.45, 2.75) is 19.9 Å². The second kappa shape index (κ2) is 6.25. The van der Waals surface area contributed by atoms with E-state index in [4.69, 9.17) is 11.6 Å². The molecule has 0 heterocycles. The lowest BCUT2D eigenvalue weighted by Gasteiger charge is -2.21. The number of hydrogen-bond donors (Lipinski definition) is 1. The lowest BCUT2D eigenvalue weighted by Crippen LogP contribution is -2.20. The molecule has 1 unspecified atom stereocenters. The first-order valence-corrected chi connectivity index (χ1v) is 7.50. The van der Waals surface area contributed by atoms with Crippen molar-refractivity contribution in [1.82, 2.24) is 5.32 Å². The van der Waals surface area contributed by atoms with Crippen molar-refractivity contribution in [1.29, 1.82) is 0 Å². The summed E-state index contributed by atoms with van der Waals surface area (Å²) in [7, 11) is 1.83. The van der Waals surface area contributed by atoms with Crippen LogP contribution in [0.1, 0.15) is 28.3 Å².